The van der Waals surface area contributed by atoms with E-state index in [1.807, 2.05) is 11.8 Å². The molecule has 0 radical (unpaired) electrons. The van der Waals surface area contributed by atoms with E-state index >= 15 is 0 Å². The molecule has 15 heavy (non-hydrogen) atoms. The number of rotatable bonds is 2. The van der Waals surface area contributed by atoms with E-state index in [1.54, 1.807) is 0 Å². The minimum absolute atomic E-state index is 0.310. The van der Waals surface area contributed by atoms with Crippen LogP contribution in [0.5, 0.6) is 0 Å². The Kier molecular flexibility index (Phi) is 3.08. The van der Waals surface area contributed by atoms with Gasteiger partial charge in [-0.1, -0.05) is 38.1 Å². The highest BCUT2D eigenvalue weighted by atomic mass is 32.2. The van der Waals surface area contributed by atoms with Crippen LogP contribution in [0.4, 0.5) is 0 Å². The van der Waals surface area contributed by atoms with Crippen molar-refractivity contribution in [1.82, 2.24) is 0 Å². The van der Waals surface area contributed by atoms with Gasteiger partial charge in [-0.3, -0.25) is 0 Å². The van der Waals surface area contributed by atoms with Gasteiger partial charge in [-0.2, -0.15) is 11.8 Å². The predicted molar refractivity (Wildman–Crippen MR) is 66.3 cm³/mol. The van der Waals surface area contributed by atoms with Crippen LogP contribution < -0.4 is 0 Å². The van der Waals surface area contributed by atoms with Crippen LogP contribution in [0.1, 0.15) is 31.4 Å². The number of hydrogen-bond donors (Lipinski definition) is 1. The van der Waals surface area contributed by atoms with Gasteiger partial charge in [-0.05, 0) is 29.7 Å². The third-order valence-corrected chi connectivity index (χ3v) is 4.72. The highest BCUT2D eigenvalue weighted by Gasteiger charge is 2.40. The maximum absolute atomic E-state index is 10.6. The van der Waals surface area contributed by atoms with E-state index in [4.69, 9.17) is 0 Å². The van der Waals surface area contributed by atoms with Crippen LogP contribution in [0, 0.1) is 0 Å². The topological polar surface area (TPSA) is 20.2 Å². The molecule has 2 atom stereocenters. The molecule has 1 aromatic carbocycles. The van der Waals surface area contributed by atoms with Gasteiger partial charge in [0.15, 0.2) is 0 Å². The number of benzene rings is 1. The summed E-state index contributed by atoms with van der Waals surface area (Å²) in [6.45, 7) is 4.27. The van der Waals surface area contributed by atoms with Crippen molar-refractivity contribution in [2.75, 3.05) is 5.75 Å². The maximum atomic E-state index is 10.6. The van der Waals surface area contributed by atoms with Crippen LogP contribution in [0.3, 0.4) is 0 Å². The molecule has 1 aliphatic heterocycles. The molecule has 1 heterocycles. The molecule has 1 nitrogen and oxygen atoms in total. The molecule has 1 aliphatic rings. The zero-order valence-electron chi connectivity index (χ0n) is 9.36. The Labute approximate surface area is 95.9 Å². The molecule has 2 rings (SSSR count). The van der Waals surface area contributed by atoms with E-state index in [2.05, 4.69) is 38.1 Å². The van der Waals surface area contributed by atoms with Crippen molar-refractivity contribution in [3.8, 4) is 0 Å². The van der Waals surface area contributed by atoms with Gasteiger partial charge in [-0.15, -0.1) is 0 Å². The molecule has 82 valence electrons. The summed E-state index contributed by atoms with van der Waals surface area (Å²) < 4.78 is 0. The van der Waals surface area contributed by atoms with E-state index < -0.39 is 5.60 Å². The predicted octanol–water partition coefficient (Wildman–Crippen LogP) is 2.96. The highest BCUT2D eigenvalue weighted by Crippen LogP contribution is 2.42. The average molecular weight is 222 g/mol. The summed E-state index contributed by atoms with van der Waals surface area (Å²) >= 11 is 1.86. The molecular weight excluding hydrogens is 204 g/mol. The van der Waals surface area contributed by atoms with Crippen LogP contribution in [-0.2, 0) is 12.0 Å². The second-order valence-corrected chi connectivity index (χ2v) is 5.69. The summed E-state index contributed by atoms with van der Waals surface area (Å²) in [5, 5.41) is 10.9. The van der Waals surface area contributed by atoms with Gasteiger partial charge in [-0.25, -0.2) is 0 Å². The van der Waals surface area contributed by atoms with Crippen LogP contribution in [0.25, 0.3) is 0 Å². The standard InChI is InChI=1S/C13H18OS/c1-3-11-4-6-12(7-5-11)13(14)8-9-15-10(13)2/h4-7,10,14H,3,8-9H2,1-2H3/t10-,13+/m0/s1. The fourth-order valence-corrected chi connectivity index (χ4v) is 3.45. The summed E-state index contributed by atoms with van der Waals surface area (Å²) in [5.41, 5.74) is 1.81. The van der Waals surface area contributed by atoms with Gasteiger partial charge >= 0.3 is 0 Å². The van der Waals surface area contributed by atoms with Crippen LogP contribution in [0.2, 0.25) is 0 Å². The molecule has 0 saturated carbocycles. The normalized spacial score (nSPS) is 30.7. The Hall–Kier alpha value is -0.470. The molecule has 1 N–H and O–H groups in total. The third-order valence-electron chi connectivity index (χ3n) is 3.39. The summed E-state index contributed by atoms with van der Waals surface area (Å²) in [4.78, 5) is 0. The van der Waals surface area contributed by atoms with E-state index in [1.165, 1.54) is 5.56 Å². The molecule has 0 aromatic heterocycles. The van der Waals surface area contributed by atoms with Crippen molar-refractivity contribution in [2.45, 2.75) is 37.5 Å². The van der Waals surface area contributed by atoms with Gasteiger partial charge in [0, 0.05) is 5.25 Å². The smallest absolute Gasteiger partial charge is 0.102 e. The quantitative estimate of drug-likeness (QED) is 0.830. The van der Waals surface area contributed by atoms with Gasteiger partial charge in [0.1, 0.15) is 5.60 Å². The average Bonchev–Trinajstić information content (AvgIpc) is 2.61. The number of aliphatic hydroxyl groups is 1. The van der Waals surface area contributed by atoms with Crippen LogP contribution in [-0.4, -0.2) is 16.1 Å². The largest absolute Gasteiger partial charge is 0.384 e. The number of hydrogen-bond acceptors (Lipinski definition) is 2. The van der Waals surface area contributed by atoms with Crippen molar-refractivity contribution in [2.24, 2.45) is 0 Å². The maximum Gasteiger partial charge on any atom is 0.102 e. The Morgan fingerprint density at radius 3 is 2.53 bits per heavy atom. The molecule has 0 unspecified atom stereocenters. The van der Waals surface area contributed by atoms with Crippen LogP contribution >= 0.6 is 11.8 Å². The molecule has 0 bridgehead atoms. The van der Waals surface area contributed by atoms with E-state index in [0.717, 1.165) is 24.2 Å². The summed E-state index contributed by atoms with van der Waals surface area (Å²) in [5.74, 6) is 1.06. The van der Waals surface area contributed by atoms with E-state index in [9.17, 15) is 5.11 Å². The second-order valence-electron chi connectivity index (χ2n) is 4.24. The molecule has 1 aromatic rings. The summed E-state index contributed by atoms with van der Waals surface area (Å²) in [7, 11) is 0. The number of aryl methyl sites for hydroxylation is 1. The molecule has 1 saturated heterocycles. The van der Waals surface area contributed by atoms with Crippen molar-refractivity contribution < 1.29 is 5.11 Å². The first-order chi connectivity index (χ1) is 7.16. The first-order valence-electron chi connectivity index (χ1n) is 5.60. The Morgan fingerprint density at radius 2 is 2.07 bits per heavy atom. The number of thioether (sulfide) groups is 1. The first kappa shape index (κ1) is 11.0. The molecule has 0 aliphatic carbocycles. The van der Waals surface area contributed by atoms with Gasteiger partial charge in [0.2, 0.25) is 0 Å². The zero-order valence-corrected chi connectivity index (χ0v) is 10.2. The lowest BCUT2D eigenvalue weighted by molar-refractivity contribution is 0.0427. The second kappa shape index (κ2) is 4.18. The Balaban J connectivity index is 2.28. The molecule has 2 heteroatoms. The lowest BCUT2D eigenvalue weighted by Gasteiger charge is -2.27. The fourth-order valence-electron chi connectivity index (χ4n) is 2.14. The van der Waals surface area contributed by atoms with Gasteiger partial charge < -0.3 is 5.11 Å². The fraction of sp³-hybridized carbons (Fsp3) is 0.538. The van der Waals surface area contributed by atoms with Crippen molar-refractivity contribution >= 4 is 11.8 Å². The minimum atomic E-state index is -0.600. The Bertz CT molecular complexity index is 333. The monoisotopic (exact) mass is 222 g/mol. The third kappa shape index (κ3) is 1.93. The summed E-state index contributed by atoms with van der Waals surface area (Å²) in [6, 6.07) is 8.43. The van der Waals surface area contributed by atoms with Crippen molar-refractivity contribution in [1.29, 1.82) is 0 Å². The van der Waals surface area contributed by atoms with Crippen molar-refractivity contribution in [3.05, 3.63) is 35.4 Å². The van der Waals surface area contributed by atoms with Crippen LogP contribution in [0.15, 0.2) is 24.3 Å². The lowest BCUT2D eigenvalue weighted by Crippen LogP contribution is -2.31. The molecule has 0 amide bonds. The minimum Gasteiger partial charge on any atom is -0.384 e. The lowest BCUT2D eigenvalue weighted by atomic mass is 9.88. The van der Waals surface area contributed by atoms with Gasteiger partial charge in [0.25, 0.3) is 0 Å². The Morgan fingerprint density at radius 1 is 1.40 bits per heavy atom. The summed E-state index contributed by atoms with van der Waals surface area (Å²) in [6.07, 6.45) is 1.94. The zero-order chi connectivity index (χ0) is 10.9. The van der Waals surface area contributed by atoms with Crippen molar-refractivity contribution in [3.63, 3.8) is 0 Å². The molecule has 0 spiro atoms. The first-order valence-corrected chi connectivity index (χ1v) is 6.65. The van der Waals surface area contributed by atoms with E-state index in [-0.39, 0.29) is 0 Å². The molecule has 1 fully saturated rings. The molecular formula is C13H18OS. The highest BCUT2D eigenvalue weighted by molar-refractivity contribution is 8.00. The SMILES string of the molecule is CCc1ccc([C@@]2(O)CCS[C@H]2C)cc1. The van der Waals surface area contributed by atoms with Gasteiger partial charge in [0.05, 0.1) is 0 Å². The van der Waals surface area contributed by atoms with E-state index in [0.29, 0.717) is 5.25 Å².